The van der Waals surface area contributed by atoms with E-state index in [-0.39, 0.29) is 12.6 Å². The number of carbonyl (C=O) groups excluding carboxylic acids is 2. The molecule has 0 bridgehead atoms. The lowest BCUT2D eigenvalue weighted by atomic mass is 9.95. The van der Waals surface area contributed by atoms with Crippen LogP contribution in [-0.4, -0.2) is 29.3 Å². The van der Waals surface area contributed by atoms with Crippen molar-refractivity contribution in [2.24, 2.45) is 0 Å². The van der Waals surface area contributed by atoms with E-state index in [0.717, 1.165) is 9.90 Å². The molecule has 0 spiro atoms. The zero-order valence-corrected chi connectivity index (χ0v) is 15.2. The number of thiazole rings is 1. The molecule has 0 aliphatic carbocycles. The molecule has 1 aromatic heterocycles. The van der Waals surface area contributed by atoms with Crippen molar-refractivity contribution in [1.82, 2.24) is 15.6 Å². The fourth-order valence-electron chi connectivity index (χ4n) is 2.49. The summed E-state index contributed by atoms with van der Waals surface area (Å²) in [7, 11) is 0. The second-order valence-corrected chi connectivity index (χ2v) is 7.26. The topological polar surface area (TPSA) is 80.3 Å². The predicted molar refractivity (Wildman–Crippen MR) is 97.3 cm³/mol. The van der Waals surface area contributed by atoms with Crippen molar-refractivity contribution in [1.29, 1.82) is 0 Å². The first kappa shape index (κ1) is 17.5. The van der Waals surface area contributed by atoms with Crippen LogP contribution in [-0.2, 0) is 9.53 Å². The number of ether oxygens (including phenoxy) is 1. The van der Waals surface area contributed by atoms with Crippen LogP contribution in [0.15, 0.2) is 57.5 Å². The molecule has 2 amide bonds. The average Bonchev–Trinajstić information content (AvgIpc) is 3.14. The molecule has 2 N–H and O–H groups in total. The van der Waals surface area contributed by atoms with Crippen molar-refractivity contribution in [3.05, 3.63) is 58.7 Å². The summed E-state index contributed by atoms with van der Waals surface area (Å²) in [5.41, 5.74) is 1.81. The van der Waals surface area contributed by atoms with Crippen LogP contribution in [0.25, 0.3) is 0 Å². The van der Waals surface area contributed by atoms with Gasteiger partial charge in [0.2, 0.25) is 0 Å². The minimum Gasteiger partial charge on any atom is -0.463 e. The van der Waals surface area contributed by atoms with E-state index >= 15 is 0 Å². The van der Waals surface area contributed by atoms with Crippen LogP contribution < -0.4 is 10.6 Å². The molecule has 1 aliphatic rings. The summed E-state index contributed by atoms with van der Waals surface area (Å²) < 4.78 is 6.10. The van der Waals surface area contributed by atoms with Gasteiger partial charge in [0.25, 0.3) is 0 Å². The minimum absolute atomic E-state index is 0.269. The van der Waals surface area contributed by atoms with Crippen molar-refractivity contribution in [3.8, 4) is 0 Å². The van der Waals surface area contributed by atoms with Crippen LogP contribution in [0.3, 0.4) is 0 Å². The Morgan fingerprint density at radius 1 is 1.36 bits per heavy atom. The van der Waals surface area contributed by atoms with Crippen molar-refractivity contribution >= 4 is 35.1 Å². The summed E-state index contributed by atoms with van der Waals surface area (Å²) >= 11 is 2.99. The van der Waals surface area contributed by atoms with E-state index in [2.05, 4.69) is 15.6 Å². The number of nitrogens with one attached hydrogen (secondary N) is 2. The first-order chi connectivity index (χ1) is 12.2. The number of hydrogen-bond donors (Lipinski definition) is 2. The Kier molecular flexibility index (Phi) is 5.72. The maximum atomic E-state index is 12.6. The van der Waals surface area contributed by atoms with Crippen LogP contribution >= 0.6 is 23.1 Å². The molecule has 0 fully saturated rings. The van der Waals surface area contributed by atoms with Gasteiger partial charge in [-0.05, 0) is 12.5 Å². The first-order valence-corrected chi connectivity index (χ1v) is 9.60. The summed E-state index contributed by atoms with van der Waals surface area (Å²) in [6.07, 6.45) is 1.72. The fourth-order valence-corrected chi connectivity index (χ4v) is 4.10. The number of benzene rings is 1. The van der Waals surface area contributed by atoms with Crippen molar-refractivity contribution in [3.63, 3.8) is 0 Å². The van der Waals surface area contributed by atoms with Crippen LogP contribution in [0.4, 0.5) is 4.79 Å². The third-order valence-corrected chi connectivity index (χ3v) is 5.52. The first-order valence-electron chi connectivity index (χ1n) is 7.74. The number of thioether (sulfide) groups is 1. The lowest BCUT2D eigenvalue weighted by Gasteiger charge is -2.29. The van der Waals surface area contributed by atoms with Gasteiger partial charge in [-0.2, -0.15) is 0 Å². The monoisotopic (exact) mass is 375 g/mol. The molecule has 0 radical (unpaired) electrons. The van der Waals surface area contributed by atoms with Crippen LogP contribution in [0.2, 0.25) is 0 Å². The highest BCUT2D eigenvalue weighted by atomic mass is 32.2. The molecule has 130 valence electrons. The van der Waals surface area contributed by atoms with Crippen LogP contribution in [0, 0.1) is 0 Å². The van der Waals surface area contributed by atoms with E-state index in [1.807, 2.05) is 35.7 Å². The van der Waals surface area contributed by atoms with E-state index in [4.69, 9.17) is 4.74 Å². The van der Waals surface area contributed by atoms with Crippen molar-refractivity contribution < 1.29 is 14.3 Å². The Labute approximate surface area is 153 Å². The highest BCUT2D eigenvalue weighted by Gasteiger charge is 2.33. The number of nitrogens with zero attached hydrogens (tertiary/aromatic N) is 1. The number of hydrogen-bond acceptors (Lipinski definition) is 6. The Bertz CT molecular complexity index is 776. The van der Waals surface area contributed by atoms with Gasteiger partial charge < -0.3 is 15.4 Å². The lowest BCUT2D eigenvalue weighted by molar-refractivity contribution is -0.139. The second kappa shape index (κ2) is 8.17. The number of aromatic nitrogens is 1. The SMILES string of the molecule is CCOC(=O)C1=C(CSc2nccs2)NC(=O)N[C@@H]1c1ccccc1. The highest BCUT2D eigenvalue weighted by molar-refractivity contribution is 8.01. The Morgan fingerprint density at radius 2 is 2.16 bits per heavy atom. The predicted octanol–water partition coefficient (Wildman–Crippen LogP) is 3.11. The Hall–Kier alpha value is -2.32. The molecule has 1 aliphatic heterocycles. The van der Waals surface area contributed by atoms with Crippen molar-refractivity contribution in [2.45, 2.75) is 17.3 Å². The summed E-state index contributed by atoms with van der Waals surface area (Å²) in [4.78, 5) is 28.9. The van der Waals surface area contributed by atoms with Crippen molar-refractivity contribution in [2.75, 3.05) is 12.4 Å². The lowest BCUT2D eigenvalue weighted by Crippen LogP contribution is -2.46. The number of rotatable bonds is 6. The maximum absolute atomic E-state index is 12.6. The fraction of sp³-hybridized carbons (Fsp3) is 0.235. The largest absolute Gasteiger partial charge is 0.463 e. The number of esters is 1. The van der Waals surface area contributed by atoms with Crippen LogP contribution in [0.1, 0.15) is 18.5 Å². The number of amides is 2. The van der Waals surface area contributed by atoms with Gasteiger partial charge in [-0.25, -0.2) is 14.6 Å². The van der Waals surface area contributed by atoms with E-state index in [9.17, 15) is 9.59 Å². The molecular formula is C17H17N3O3S2. The van der Waals surface area contributed by atoms with Gasteiger partial charge in [0.05, 0.1) is 18.2 Å². The molecule has 2 aromatic rings. The molecule has 6 nitrogen and oxygen atoms in total. The van der Waals surface area contributed by atoms with Gasteiger partial charge >= 0.3 is 12.0 Å². The molecule has 0 saturated heterocycles. The average molecular weight is 375 g/mol. The molecular weight excluding hydrogens is 358 g/mol. The standard InChI is InChI=1S/C17H17N3O3S2/c1-2-23-15(21)13-12(10-25-17-18-8-9-24-17)19-16(22)20-14(13)11-6-4-3-5-7-11/h3-9,14H,2,10H2,1H3,(H2,19,20,22)/t14-/m1/s1. The van der Waals surface area contributed by atoms with Gasteiger partial charge in [-0.15, -0.1) is 11.3 Å². The van der Waals surface area contributed by atoms with E-state index in [1.165, 1.54) is 23.1 Å². The van der Waals surface area contributed by atoms with E-state index in [0.29, 0.717) is 17.0 Å². The summed E-state index contributed by atoms with van der Waals surface area (Å²) in [5, 5.41) is 7.45. The molecule has 2 heterocycles. The second-order valence-electron chi connectivity index (χ2n) is 5.14. The summed E-state index contributed by atoms with van der Waals surface area (Å²) in [5.74, 6) is -0.00288. The van der Waals surface area contributed by atoms with E-state index < -0.39 is 12.0 Å². The van der Waals surface area contributed by atoms with Gasteiger partial charge in [-0.1, -0.05) is 42.1 Å². The summed E-state index contributed by atoms with van der Waals surface area (Å²) in [6, 6.07) is 8.51. The molecule has 25 heavy (non-hydrogen) atoms. The highest BCUT2D eigenvalue weighted by Crippen LogP contribution is 2.31. The molecule has 3 rings (SSSR count). The van der Waals surface area contributed by atoms with Gasteiger partial charge in [-0.3, -0.25) is 0 Å². The van der Waals surface area contributed by atoms with Gasteiger partial charge in [0, 0.05) is 23.0 Å². The third kappa shape index (κ3) is 4.21. The maximum Gasteiger partial charge on any atom is 0.338 e. The summed E-state index contributed by atoms with van der Waals surface area (Å²) in [6.45, 7) is 2.03. The Balaban J connectivity index is 1.96. The smallest absolute Gasteiger partial charge is 0.338 e. The quantitative estimate of drug-likeness (QED) is 0.599. The minimum atomic E-state index is -0.541. The van der Waals surface area contributed by atoms with E-state index in [1.54, 1.807) is 13.1 Å². The zero-order chi connectivity index (χ0) is 17.6. The molecule has 0 unspecified atom stereocenters. The Morgan fingerprint density at radius 3 is 2.84 bits per heavy atom. The molecule has 8 heteroatoms. The molecule has 1 atom stereocenters. The third-order valence-electron chi connectivity index (χ3n) is 3.53. The van der Waals surface area contributed by atoms with Gasteiger partial charge in [0.1, 0.15) is 4.34 Å². The molecule has 0 saturated carbocycles. The molecule has 1 aromatic carbocycles. The number of carbonyl (C=O) groups is 2. The normalized spacial score (nSPS) is 17.0. The van der Waals surface area contributed by atoms with Gasteiger partial charge in [0.15, 0.2) is 0 Å². The number of urea groups is 1. The van der Waals surface area contributed by atoms with Crippen LogP contribution in [0.5, 0.6) is 0 Å². The zero-order valence-electron chi connectivity index (χ0n) is 13.5.